The Morgan fingerprint density at radius 2 is 0.602 bits per heavy atom. The zero-order chi connectivity index (χ0) is 67.0. The van der Waals surface area contributed by atoms with E-state index >= 15 is 0 Å². The molecule has 0 bridgehead atoms. The molecule has 7 rings (SSSR count). The molecule has 6 fully saturated rings. The van der Waals surface area contributed by atoms with E-state index in [9.17, 15) is 24.0 Å². The van der Waals surface area contributed by atoms with Crippen molar-refractivity contribution in [3.8, 4) is 0 Å². The van der Waals surface area contributed by atoms with Crippen LogP contribution in [0.1, 0.15) is 362 Å². The molecule has 0 aromatic rings. The summed E-state index contributed by atoms with van der Waals surface area (Å²) >= 11 is 0. The smallest absolute Gasteiger partial charge is 0.407 e. The van der Waals surface area contributed by atoms with Crippen molar-refractivity contribution in [2.75, 3.05) is 59.1 Å². The highest BCUT2D eigenvalue weighted by Crippen LogP contribution is 2.15. The predicted octanol–water partition coefficient (Wildman–Crippen LogP) is 22.1. The van der Waals surface area contributed by atoms with Gasteiger partial charge < -0.3 is 40.8 Å². The normalized spacial score (nSPS) is 15.2. The van der Waals surface area contributed by atoms with Gasteiger partial charge in [0.05, 0.1) is 19.8 Å². The van der Waals surface area contributed by atoms with Crippen LogP contribution in [0.15, 0.2) is 12.2 Å². The molecule has 6 heterocycles. The molecule has 1 aliphatic carbocycles. The summed E-state index contributed by atoms with van der Waals surface area (Å²) in [6.45, 7) is 63.6. The summed E-state index contributed by atoms with van der Waals surface area (Å²) in [6.07, 6.45) is 33.3. The first kappa shape index (κ1) is 118. The van der Waals surface area contributed by atoms with Crippen LogP contribution in [-0.2, 0) is 28.6 Å². The second-order valence-corrected chi connectivity index (χ2v) is 14.2. The fourth-order valence-corrected chi connectivity index (χ4v) is 5.88. The van der Waals surface area contributed by atoms with Gasteiger partial charge in [0.2, 0.25) is 5.91 Å². The SMILES string of the molecule is C.C1CCCCCC1.C1CCCNCC1.CC.CC.CC.CC.CC.CC.CC.CC.CC.CC.CC.CC.CC.CC.O=C1C=CCCCO1.O=C1CCCCCN1.O=C1CCCCCO1.O=C1NCCCCN1.O=C1NCCCCO1. The van der Waals surface area contributed by atoms with Crippen LogP contribution in [0.3, 0.4) is 0 Å². The average molecular weight is 1200 g/mol. The van der Waals surface area contributed by atoms with Crippen LogP contribution in [0.4, 0.5) is 9.59 Å². The standard InChI is InChI=1S/C7H14.C6H11NO.C6H13N.C6H10O2.C6H8O2.C5H10N2O.C5H9NO2.14C2H6.CH4/c1-2-4-6-7-5-3-1;8-6-4-2-1-3-5-7-6;1-2-4-6-7-5-3-1;2*7-6-4-2-1-3-5-8-6;8-5-6-3-1-2-4-7-5;7-5-6-3-1-2-4-8-5;14*1-2;/h1-7H2;1-5H2,(H,7,8);7H,1-6H2;1-5H2;2,4H,1,3,5H2;1-4H2,(H2,6,7,8);1-4H2,(H,6,7);14*1-2H3;1H4. The van der Waals surface area contributed by atoms with E-state index in [1.165, 1.54) is 96.2 Å². The van der Waals surface area contributed by atoms with Crippen molar-refractivity contribution in [2.45, 2.75) is 362 Å². The van der Waals surface area contributed by atoms with E-state index in [2.05, 4.69) is 36.1 Å². The van der Waals surface area contributed by atoms with Gasteiger partial charge in [-0.2, -0.15) is 0 Å². The molecule has 0 aromatic heterocycles. The molecule has 0 aromatic carbocycles. The zero-order valence-electron chi connectivity index (χ0n) is 61.5. The van der Waals surface area contributed by atoms with E-state index in [0.717, 1.165) is 103 Å². The van der Waals surface area contributed by atoms with E-state index in [1.54, 1.807) is 0 Å². The van der Waals surface area contributed by atoms with Crippen LogP contribution >= 0.6 is 0 Å². The van der Waals surface area contributed by atoms with Gasteiger partial charge in [-0.25, -0.2) is 14.4 Å². The van der Waals surface area contributed by atoms with Crippen LogP contribution in [0, 0.1) is 0 Å². The summed E-state index contributed by atoms with van der Waals surface area (Å²) in [6, 6.07) is -0.0255. The third kappa shape index (κ3) is 149. The summed E-state index contributed by atoms with van der Waals surface area (Å²) < 4.78 is 14.1. The highest BCUT2D eigenvalue weighted by molar-refractivity contribution is 5.82. The topological polar surface area (TPSA) is 173 Å². The Hall–Kier alpha value is -3.35. The molecule has 1 saturated carbocycles. The Balaban J connectivity index is -0.0000000466. The summed E-state index contributed by atoms with van der Waals surface area (Å²) in [5.41, 5.74) is 0. The number of cyclic esters (lactones) is 3. The highest BCUT2D eigenvalue weighted by Gasteiger charge is 2.07. The van der Waals surface area contributed by atoms with Crippen LogP contribution in [0.5, 0.6) is 0 Å². The Morgan fingerprint density at radius 3 is 1.05 bits per heavy atom. The second kappa shape index (κ2) is 153. The van der Waals surface area contributed by atoms with E-state index in [1.807, 2.05) is 200 Å². The molecular weight excluding hydrogens is 1040 g/mol. The zero-order valence-corrected chi connectivity index (χ0v) is 61.5. The third-order valence-corrected chi connectivity index (χ3v) is 9.16. The molecule has 0 unspecified atom stereocenters. The number of hydrogen-bond acceptors (Lipinski definition) is 9. The lowest BCUT2D eigenvalue weighted by atomic mass is 10.2. The maximum absolute atomic E-state index is 10.6. The Labute approximate surface area is 525 Å². The summed E-state index contributed by atoms with van der Waals surface area (Å²) in [7, 11) is 0. The molecule has 6 aliphatic heterocycles. The fourth-order valence-electron chi connectivity index (χ4n) is 5.88. The molecule has 0 atom stereocenters. The predicted molar refractivity (Wildman–Crippen MR) is 379 cm³/mol. The van der Waals surface area contributed by atoms with Crippen LogP contribution in [0.25, 0.3) is 0 Å². The van der Waals surface area contributed by atoms with Gasteiger partial charge in [-0.05, 0) is 96.6 Å². The Kier molecular flexibility index (Phi) is 217. The average Bonchev–Trinajstić information content (AvgIpc) is 4.36. The molecule has 0 spiro atoms. The molecule has 4 amide bonds. The lowest BCUT2D eigenvalue weighted by Gasteiger charge is -1.96. The maximum Gasteiger partial charge on any atom is 0.407 e. The number of nitrogens with one attached hydrogen (secondary N) is 5. The maximum atomic E-state index is 10.6. The van der Waals surface area contributed by atoms with Gasteiger partial charge in [0.25, 0.3) is 0 Å². The summed E-state index contributed by atoms with van der Waals surface area (Å²) in [4.78, 5) is 52.2. The molecule has 13 nitrogen and oxygen atoms in total. The lowest BCUT2D eigenvalue weighted by Crippen LogP contribution is -2.32. The van der Waals surface area contributed by atoms with Crippen molar-refractivity contribution in [2.24, 2.45) is 0 Å². The number of carbonyl (C=O) groups excluding carboxylic acids is 5. The minimum Gasteiger partial charge on any atom is -0.466 e. The molecule has 83 heavy (non-hydrogen) atoms. The minimum absolute atomic E-state index is 0. The van der Waals surface area contributed by atoms with Gasteiger partial charge in [0.15, 0.2) is 0 Å². The summed E-state index contributed by atoms with van der Waals surface area (Å²) in [5, 5.41) is 14.1. The van der Waals surface area contributed by atoms with Gasteiger partial charge in [0.1, 0.15) is 0 Å². The molecular formula is C70H163N5O8. The van der Waals surface area contributed by atoms with E-state index in [-0.39, 0.29) is 37.4 Å². The number of alkyl carbamates (subject to hydrolysis) is 1. The molecule has 5 saturated heterocycles. The van der Waals surface area contributed by atoms with E-state index in [4.69, 9.17) is 4.74 Å². The fraction of sp³-hybridized carbons (Fsp3) is 0.900. The van der Waals surface area contributed by atoms with Gasteiger partial charge in [-0.15, -0.1) is 0 Å². The first-order chi connectivity index (χ1) is 40.5. The molecule has 5 N–H and O–H groups in total. The number of rotatable bonds is 0. The van der Waals surface area contributed by atoms with Crippen molar-refractivity contribution in [3.05, 3.63) is 12.2 Å². The van der Waals surface area contributed by atoms with Crippen LogP contribution in [-0.4, -0.2) is 89.1 Å². The molecule has 0 radical (unpaired) electrons. The number of allylic oxidation sites excluding steroid dienone is 1. The van der Waals surface area contributed by atoms with Crippen LogP contribution in [0.2, 0.25) is 0 Å². The molecule has 7 aliphatic rings. The third-order valence-electron chi connectivity index (χ3n) is 9.16. The number of hydrogen-bond donors (Lipinski definition) is 5. The number of urea groups is 1. The monoisotopic (exact) mass is 1200 g/mol. The van der Waals surface area contributed by atoms with Gasteiger partial charge in [-0.3, -0.25) is 9.59 Å². The highest BCUT2D eigenvalue weighted by atomic mass is 16.5. The largest absolute Gasteiger partial charge is 0.466 e. The van der Waals surface area contributed by atoms with Crippen molar-refractivity contribution in [3.63, 3.8) is 0 Å². The van der Waals surface area contributed by atoms with Crippen molar-refractivity contribution >= 4 is 30.0 Å². The molecule has 13 heteroatoms. The first-order valence-electron chi connectivity index (χ1n) is 35.4. The van der Waals surface area contributed by atoms with Crippen molar-refractivity contribution < 1.29 is 38.2 Å². The first-order valence-corrected chi connectivity index (χ1v) is 35.4. The van der Waals surface area contributed by atoms with Gasteiger partial charge >= 0.3 is 24.1 Å². The minimum atomic E-state index is -0.275. The Bertz CT molecular complexity index is 816. The number of esters is 2. The second-order valence-electron chi connectivity index (χ2n) is 14.2. The van der Waals surface area contributed by atoms with Crippen molar-refractivity contribution in [1.82, 2.24) is 26.6 Å². The summed E-state index contributed by atoms with van der Waals surface area (Å²) in [5.74, 6) is -0.00694. The lowest BCUT2D eigenvalue weighted by molar-refractivity contribution is -0.142. The van der Waals surface area contributed by atoms with Gasteiger partial charge in [0, 0.05) is 45.1 Å². The van der Waals surface area contributed by atoms with Crippen LogP contribution < -0.4 is 26.6 Å². The Morgan fingerprint density at radius 1 is 0.301 bits per heavy atom. The van der Waals surface area contributed by atoms with Gasteiger partial charge in [-0.1, -0.05) is 272 Å². The number of amides is 4. The number of ether oxygens (including phenoxy) is 3. The quantitative estimate of drug-likeness (QED) is 0.0899. The van der Waals surface area contributed by atoms with Crippen molar-refractivity contribution in [1.29, 1.82) is 0 Å². The molecule has 516 valence electrons. The van der Waals surface area contributed by atoms with E-state index < -0.39 is 0 Å². The number of carbonyl (C=O) groups is 5. The van der Waals surface area contributed by atoms with E-state index in [0.29, 0.717) is 26.2 Å².